The monoisotopic (exact) mass is 220 g/mol. The molecule has 1 aromatic rings. The van der Waals surface area contributed by atoms with Crippen molar-refractivity contribution in [2.75, 3.05) is 11.9 Å². The van der Waals surface area contributed by atoms with E-state index < -0.39 is 11.8 Å². The van der Waals surface area contributed by atoms with E-state index in [4.69, 9.17) is 0 Å². The molecule has 4 nitrogen and oxygen atoms in total. The van der Waals surface area contributed by atoms with E-state index in [0.29, 0.717) is 0 Å². The maximum absolute atomic E-state index is 12.0. The number of nitrogens with zero attached hydrogens (tertiary/aromatic N) is 2. The summed E-state index contributed by atoms with van der Waals surface area (Å²) in [5.74, 6) is 0. The molecule has 0 aromatic heterocycles. The molecule has 1 saturated heterocycles. The highest BCUT2D eigenvalue weighted by Gasteiger charge is 2.49. The zero-order valence-corrected chi connectivity index (χ0v) is 9.71. The van der Waals surface area contributed by atoms with Gasteiger partial charge in [0.25, 0.3) is 0 Å². The summed E-state index contributed by atoms with van der Waals surface area (Å²) in [4.78, 5) is 15.0. The van der Waals surface area contributed by atoms with Crippen molar-refractivity contribution in [2.24, 2.45) is 0 Å². The van der Waals surface area contributed by atoms with Crippen molar-refractivity contribution in [1.82, 2.24) is 4.90 Å². The molecule has 1 N–H and O–H groups in total. The highest BCUT2D eigenvalue weighted by molar-refractivity contribution is 5.95. The van der Waals surface area contributed by atoms with E-state index in [0.717, 1.165) is 5.69 Å². The lowest BCUT2D eigenvalue weighted by molar-refractivity contribution is 0.0725. The van der Waals surface area contributed by atoms with Crippen LogP contribution in [0.1, 0.15) is 13.8 Å². The van der Waals surface area contributed by atoms with Crippen molar-refractivity contribution in [3.63, 3.8) is 0 Å². The summed E-state index contributed by atoms with van der Waals surface area (Å²) in [6.45, 7) is 3.69. The molecule has 0 radical (unpaired) electrons. The maximum Gasteiger partial charge on any atom is 0.327 e. The topological polar surface area (TPSA) is 43.8 Å². The van der Waals surface area contributed by atoms with Gasteiger partial charge in [0.05, 0.1) is 5.54 Å². The second-order valence-corrected chi connectivity index (χ2v) is 4.57. The normalized spacial score (nSPS) is 24.0. The van der Waals surface area contributed by atoms with E-state index in [-0.39, 0.29) is 6.03 Å². The third-order valence-electron chi connectivity index (χ3n) is 3.27. The van der Waals surface area contributed by atoms with E-state index >= 15 is 0 Å². The largest absolute Gasteiger partial charge is 0.371 e. The number of hydrogen-bond donors (Lipinski definition) is 1. The zero-order valence-electron chi connectivity index (χ0n) is 9.71. The summed E-state index contributed by atoms with van der Waals surface area (Å²) >= 11 is 0. The smallest absolute Gasteiger partial charge is 0.327 e. The Morgan fingerprint density at radius 3 is 2.25 bits per heavy atom. The number of rotatable bonds is 1. The lowest BCUT2D eigenvalue weighted by Crippen LogP contribution is -2.45. The van der Waals surface area contributed by atoms with Crippen molar-refractivity contribution in [3.05, 3.63) is 30.3 Å². The minimum absolute atomic E-state index is 0.177. The van der Waals surface area contributed by atoms with Gasteiger partial charge in [0, 0.05) is 12.7 Å². The SMILES string of the molecule is CN1C(=O)N(c2ccccc2)[C@H](O)C1(C)C. The third-order valence-corrected chi connectivity index (χ3v) is 3.27. The molecule has 1 aromatic carbocycles. The van der Waals surface area contributed by atoms with Crippen LogP contribution in [0.2, 0.25) is 0 Å². The van der Waals surface area contributed by atoms with Crippen LogP contribution in [0.3, 0.4) is 0 Å². The van der Waals surface area contributed by atoms with Gasteiger partial charge in [-0.25, -0.2) is 4.79 Å². The fraction of sp³-hybridized carbons (Fsp3) is 0.417. The highest BCUT2D eigenvalue weighted by atomic mass is 16.3. The predicted octanol–water partition coefficient (Wildman–Crippen LogP) is 1.66. The second kappa shape index (κ2) is 3.49. The number of carbonyl (C=O) groups is 1. The lowest BCUT2D eigenvalue weighted by atomic mass is 10.0. The first-order valence-corrected chi connectivity index (χ1v) is 5.26. The van der Waals surface area contributed by atoms with Crippen LogP contribution in [-0.4, -0.2) is 34.9 Å². The molecule has 1 aliphatic rings. The van der Waals surface area contributed by atoms with Gasteiger partial charge in [-0.2, -0.15) is 0 Å². The minimum atomic E-state index is -0.826. The van der Waals surface area contributed by atoms with E-state index in [9.17, 15) is 9.90 Å². The van der Waals surface area contributed by atoms with Gasteiger partial charge in [0.2, 0.25) is 0 Å². The number of hydrogen-bond acceptors (Lipinski definition) is 2. The van der Waals surface area contributed by atoms with Crippen molar-refractivity contribution in [3.8, 4) is 0 Å². The third kappa shape index (κ3) is 1.38. The molecule has 0 saturated carbocycles. The predicted molar refractivity (Wildman–Crippen MR) is 62.2 cm³/mol. The molecule has 0 aliphatic carbocycles. The van der Waals surface area contributed by atoms with Crippen molar-refractivity contribution in [1.29, 1.82) is 0 Å². The lowest BCUT2D eigenvalue weighted by Gasteiger charge is -2.29. The number of urea groups is 1. The first kappa shape index (κ1) is 11.0. The molecular formula is C12H16N2O2. The van der Waals surface area contributed by atoms with Gasteiger partial charge >= 0.3 is 6.03 Å². The van der Waals surface area contributed by atoms with E-state index in [1.165, 1.54) is 4.90 Å². The van der Waals surface area contributed by atoms with Gasteiger partial charge < -0.3 is 10.0 Å². The zero-order chi connectivity index (χ0) is 11.9. The van der Waals surface area contributed by atoms with E-state index in [1.807, 2.05) is 44.2 Å². The van der Waals surface area contributed by atoms with E-state index in [2.05, 4.69) is 0 Å². The Balaban J connectivity index is 2.41. The van der Waals surface area contributed by atoms with Crippen LogP contribution in [0, 0.1) is 0 Å². The number of benzene rings is 1. The quantitative estimate of drug-likeness (QED) is 0.782. The Morgan fingerprint density at radius 2 is 1.81 bits per heavy atom. The maximum atomic E-state index is 12.0. The molecule has 2 amide bonds. The Labute approximate surface area is 95.1 Å². The minimum Gasteiger partial charge on any atom is -0.371 e. The molecule has 1 aliphatic heterocycles. The Bertz CT molecular complexity index is 403. The average Bonchev–Trinajstić information content (AvgIpc) is 2.42. The van der Waals surface area contributed by atoms with Crippen LogP contribution in [-0.2, 0) is 0 Å². The van der Waals surface area contributed by atoms with Crippen LogP contribution in [0.4, 0.5) is 10.5 Å². The molecule has 86 valence electrons. The standard InChI is InChI=1S/C12H16N2O2/c1-12(2)10(15)14(11(16)13(12)3)9-7-5-4-6-8-9/h4-8,10,15H,1-3H3/t10-/m1/s1. The van der Waals surface area contributed by atoms with Gasteiger partial charge in [-0.3, -0.25) is 4.90 Å². The molecule has 0 bridgehead atoms. The van der Waals surface area contributed by atoms with Crippen LogP contribution in [0.5, 0.6) is 0 Å². The summed E-state index contributed by atoms with van der Waals surface area (Å²) in [6, 6.07) is 9.03. The molecule has 0 unspecified atom stereocenters. The van der Waals surface area contributed by atoms with Gasteiger partial charge in [0.15, 0.2) is 6.23 Å². The molecule has 16 heavy (non-hydrogen) atoms. The summed E-state index contributed by atoms with van der Waals surface area (Å²) in [7, 11) is 1.70. The van der Waals surface area contributed by atoms with E-state index in [1.54, 1.807) is 11.9 Å². The molecule has 1 atom stereocenters. The summed E-state index contributed by atoms with van der Waals surface area (Å²) in [5, 5.41) is 10.2. The summed E-state index contributed by atoms with van der Waals surface area (Å²) in [5.41, 5.74) is 0.143. The van der Waals surface area contributed by atoms with Gasteiger partial charge in [-0.05, 0) is 26.0 Å². The molecule has 1 fully saturated rings. The number of carbonyl (C=O) groups excluding carboxylic acids is 1. The van der Waals surface area contributed by atoms with Gasteiger partial charge in [-0.15, -0.1) is 0 Å². The molecule has 0 spiro atoms. The Hall–Kier alpha value is -1.55. The fourth-order valence-electron chi connectivity index (χ4n) is 1.84. The fourth-order valence-corrected chi connectivity index (χ4v) is 1.84. The summed E-state index contributed by atoms with van der Waals surface area (Å²) in [6.07, 6.45) is -0.826. The van der Waals surface area contributed by atoms with Crippen molar-refractivity contribution < 1.29 is 9.90 Å². The first-order valence-electron chi connectivity index (χ1n) is 5.26. The number of aliphatic hydroxyl groups excluding tert-OH is 1. The Kier molecular flexibility index (Phi) is 2.39. The van der Waals surface area contributed by atoms with Crippen molar-refractivity contribution in [2.45, 2.75) is 25.6 Å². The highest BCUT2D eigenvalue weighted by Crippen LogP contribution is 2.33. The second-order valence-electron chi connectivity index (χ2n) is 4.57. The molecular weight excluding hydrogens is 204 g/mol. The van der Waals surface area contributed by atoms with Gasteiger partial charge in [-0.1, -0.05) is 18.2 Å². The van der Waals surface area contributed by atoms with Crippen LogP contribution >= 0.6 is 0 Å². The summed E-state index contributed by atoms with van der Waals surface area (Å²) < 4.78 is 0. The number of likely N-dealkylation sites (N-methyl/N-ethyl adjacent to an activating group) is 1. The number of para-hydroxylation sites is 1. The van der Waals surface area contributed by atoms with Gasteiger partial charge in [0.1, 0.15) is 0 Å². The number of aliphatic hydroxyl groups is 1. The van der Waals surface area contributed by atoms with Crippen LogP contribution in [0.15, 0.2) is 30.3 Å². The van der Waals surface area contributed by atoms with Crippen LogP contribution < -0.4 is 4.90 Å². The number of anilines is 1. The number of amides is 2. The molecule has 2 rings (SSSR count). The van der Waals surface area contributed by atoms with Crippen molar-refractivity contribution >= 4 is 11.7 Å². The molecule has 1 heterocycles. The molecule has 4 heteroatoms. The first-order chi connectivity index (χ1) is 7.46. The average molecular weight is 220 g/mol. The Morgan fingerprint density at radius 1 is 1.25 bits per heavy atom. The van der Waals surface area contributed by atoms with Crippen LogP contribution in [0.25, 0.3) is 0 Å².